The Labute approximate surface area is 79.9 Å². The highest BCUT2D eigenvalue weighted by Gasteiger charge is 2.11. The number of nitrogens with zero attached hydrogens (tertiary/aromatic N) is 1. The summed E-state index contributed by atoms with van der Waals surface area (Å²) in [7, 11) is -3.28. The maximum absolute atomic E-state index is 12.8. The van der Waals surface area contributed by atoms with E-state index in [4.69, 9.17) is 0 Å². The van der Waals surface area contributed by atoms with E-state index in [0.717, 1.165) is 6.26 Å². The Morgan fingerprint density at radius 3 is 2.50 bits per heavy atom. The standard InChI is InChI=1S/C7H9FN2O3S/c1-4-6(8)7(11)10-5(9-4)3-14(2,12)13/h3H2,1-2H3,(H,9,10,11). The van der Waals surface area contributed by atoms with Crippen LogP contribution in [-0.2, 0) is 15.6 Å². The van der Waals surface area contributed by atoms with Crippen LogP contribution in [0.2, 0.25) is 0 Å². The van der Waals surface area contributed by atoms with E-state index in [1.807, 2.05) is 0 Å². The van der Waals surface area contributed by atoms with Crippen molar-refractivity contribution in [1.29, 1.82) is 0 Å². The second-order valence-electron chi connectivity index (χ2n) is 2.98. The van der Waals surface area contributed by atoms with Gasteiger partial charge in [0.25, 0.3) is 5.56 Å². The number of sulfone groups is 1. The van der Waals surface area contributed by atoms with Crippen LogP contribution >= 0.6 is 0 Å². The maximum atomic E-state index is 12.8. The van der Waals surface area contributed by atoms with Gasteiger partial charge < -0.3 is 4.98 Å². The average molecular weight is 220 g/mol. The zero-order valence-corrected chi connectivity index (χ0v) is 8.48. The van der Waals surface area contributed by atoms with Crippen LogP contribution in [0.3, 0.4) is 0 Å². The monoisotopic (exact) mass is 220 g/mol. The number of hydrogen-bond acceptors (Lipinski definition) is 4. The van der Waals surface area contributed by atoms with Gasteiger partial charge in [0, 0.05) is 6.26 Å². The van der Waals surface area contributed by atoms with Crippen LogP contribution < -0.4 is 5.56 Å². The first kappa shape index (κ1) is 10.8. The predicted molar refractivity (Wildman–Crippen MR) is 48.1 cm³/mol. The molecule has 0 aromatic carbocycles. The third-order valence-corrected chi connectivity index (χ3v) is 2.27. The van der Waals surface area contributed by atoms with Crippen LogP contribution in [0.1, 0.15) is 11.5 Å². The molecule has 1 N–H and O–H groups in total. The Morgan fingerprint density at radius 2 is 2.07 bits per heavy atom. The third-order valence-electron chi connectivity index (χ3n) is 1.48. The summed E-state index contributed by atoms with van der Waals surface area (Å²) < 4.78 is 34.5. The molecule has 5 nitrogen and oxygen atoms in total. The number of rotatable bonds is 2. The lowest BCUT2D eigenvalue weighted by atomic mass is 10.4. The fourth-order valence-corrected chi connectivity index (χ4v) is 1.58. The number of nitrogens with one attached hydrogen (secondary N) is 1. The van der Waals surface area contributed by atoms with Gasteiger partial charge in [0.15, 0.2) is 9.84 Å². The Kier molecular flexibility index (Phi) is 2.70. The fourth-order valence-electron chi connectivity index (χ4n) is 0.946. The van der Waals surface area contributed by atoms with Crippen molar-refractivity contribution >= 4 is 9.84 Å². The summed E-state index contributed by atoms with van der Waals surface area (Å²) >= 11 is 0. The van der Waals surface area contributed by atoms with Gasteiger partial charge in [-0.05, 0) is 6.92 Å². The lowest BCUT2D eigenvalue weighted by Gasteiger charge is -2.00. The molecule has 0 aliphatic heterocycles. The van der Waals surface area contributed by atoms with Crippen molar-refractivity contribution < 1.29 is 12.8 Å². The van der Waals surface area contributed by atoms with Crippen LogP contribution in [0.25, 0.3) is 0 Å². The van der Waals surface area contributed by atoms with Gasteiger partial charge >= 0.3 is 0 Å². The molecule has 0 fully saturated rings. The van der Waals surface area contributed by atoms with Crippen LogP contribution in [0.15, 0.2) is 4.79 Å². The molecule has 1 heterocycles. The predicted octanol–water partition coefficient (Wildman–Crippen LogP) is -0.238. The highest BCUT2D eigenvalue weighted by atomic mass is 32.2. The quantitative estimate of drug-likeness (QED) is 0.746. The lowest BCUT2D eigenvalue weighted by Crippen LogP contribution is -2.19. The van der Waals surface area contributed by atoms with E-state index in [1.165, 1.54) is 6.92 Å². The first-order valence-corrected chi connectivity index (χ1v) is 5.78. The molecule has 7 heteroatoms. The van der Waals surface area contributed by atoms with E-state index in [1.54, 1.807) is 0 Å². The van der Waals surface area contributed by atoms with Crippen molar-refractivity contribution in [2.45, 2.75) is 12.7 Å². The van der Waals surface area contributed by atoms with Crippen molar-refractivity contribution in [3.05, 3.63) is 27.7 Å². The van der Waals surface area contributed by atoms with E-state index in [-0.39, 0.29) is 11.5 Å². The van der Waals surface area contributed by atoms with Gasteiger partial charge in [-0.3, -0.25) is 4.79 Å². The molecular formula is C7H9FN2O3S. The molecule has 0 radical (unpaired) electrons. The zero-order chi connectivity index (χ0) is 10.9. The zero-order valence-electron chi connectivity index (χ0n) is 7.67. The summed E-state index contributed by atoms with van der Waals surface area (Å²) in [5, 5.41) is 0. The van der Waals surface area contributed by atoms with Gasteiger partial charge in [0.2, 0.25) is 5.82 Å². The molecule has 1 rings (SSSR count). The second kappa shape index (κ2) is 3.49. The molecule has 0 unspecified atom stereocenters. The van der Waals surface area contributed by atoms with Crippen molar-refractivity contribution in [2.24, 2.45) is 0 Å². The van der Waals surface area contributed by atoms with E-state index in [0.29, 0.717) is 0 Å². The molecule has 0 saturated carbocycles. The van der Waals surface area contributed by atoms with E-state index < -0.39 is 27.0 Å². The van der Waals surface area contributed by atoms with Crippen molar-refractivity contribution in [3.63, 3.8) is 0 Å². The molecular weight excluding hydrogens is 211 g/mol. The Morgan fingerprint density at radius 1 is 1.50 bits per heavy atom. The Bertz CT molecular complexity index is 506. The molecule has 78 valence electrons. The fraction of sp³-hybridized carbons (Fsp3) is 0.429. The summed E-state index contributed by atoms with van der Waals surface area (Å²) in [6.45, 7) is 1.30. The summed E-state index contributed by atoms with van der Waals surface area (Å²) in [5.41, 5.74) is -1.05. The molecule has 0 spiro atoms. The number of aromatic nitrogens is 2. The number of hydrogen-bond donors (Lipinski definition) is 1. The van der Waals surface area contributed by atoms with Crippen LogP contribution in [0, 0.1) is 12.7 Å². The number of aromatic amines is 1. The van der Waals surface area contributed by atoms with Crippen LogP contribution in [-0.4, -0.2) is 24.6 Å². The minimum atomic E-state index is -3.28. The number of halogens is 1. The van der Waals surface area contributed by atoms with Gasteiger partial charge in [-0.15, -0.1) is 0 Å². The molecule has 0 aliphatic carbocycles. The Balaban J connectivity index is 3.21. The molecule has 14 heavy (non-hydrogen) atoms. The molecule has 0 aliphatic rings. The van der Waals surface area contributed by atoms with E-state index in [2.05, 4.69) is 9.97 Å². The molecule has 0 saturated heterocycles. The average Bonchev–Trinajstić information content (AvgIpc) is 1.96. The van der Waals surface area contributed by atoms with E-state index in [9.17, 15) is 17.6 Å². The van der Waals surface area contributed by atoms with Gasteiger partial charge in [0.05, 0.1) is 5.69 Å². The highest BCUT2D eigenvalue weighted by molar-refractivity contribution is 7.89. The first-order valence-electron chi connectivity index (χ1n) is 3.72. The number of aryl methyl sites for hydroxylation is 1. The second-order valence-corrected chi connectivity index (χ2v) is 5.12. The van der Waals surface area contributed by atoms with Gasteiger partial charge in [0.1, 0.15) is 11.6 Å². The van der Waals surface area contributed by atoms with E-state index >= 15 is 0 Å². The van der Waals surface area contributed by atoms with Gasteiger partial charge in [-0.25, -0.2) is 13.4 Å². The molecule has 0 amide bonds. The molecule has 0 atom stereocenters. The molecule has 1 aromatic heterocycles. The van der Waals surface area contributed by atoms with Crippen molar-refractivity contribution in [2.75, 3.05) is 6.26 Å². The highest BCUT2D eigenvalue weighted by Crippen LogP contribution is 1.99. The summed E-state index contributed by atoms with van der Waals surface area (Å²) in [6, 6.07) is 0. The summed E-state index contributed by atoms with van der Waals surface area (Å²) in [4.78, 5) is 16.5. The van der Waals surface area contributed by atoms with Crippen molar-refractivity contribution in [1.82, 2.24) is 9.97 Å². The largest absolute Gasteiger partial charge is 0.307 e. The maximum Gasteiger partial charge on any atom is 0.287 e. The minimum Gasteiger partial charge on any atom is -0.307 e. The Hall–Kier alpha value is -1.24. The minimum absolute atomic E-state index is 0.0450. The van der Waals surface area contributed by atoms with Crippen molar-refractivity contribution in [3.8, 4) is 0 Å². The molecule has 1 aromatic rings. The van der Waals surface area contributed by atoms with Crippen LogP contribution in [0.4, 0.5) is 4.39 Å². The summed E-state index contributed by atoms with van der Waals surface area (Å²) in [6.07, 6.45) is 1.01. The first-order chi connectivity index (χ1) is 6.29. The summed E-state index contributed by atoms with van der Waals surface area (Å²) in [5.74, 6) is -1.43. The third kappa shape index (κ3) is 2.63. The topological polar surface area (TPSA) is 79.9 Å². The SMILES string of the molecule is Cc1nc(CS(C)(=O)=O)[nH]c(=O)c1F. The smallest absolute Gasteiger partial charge is 0.287 e. The molecule has 0 bridgehead atoms. The van der Waals surface area contributed by atoms with Gasteiger partial charge in [-0.2, -0.15) is 4.39 Å². The van der Waals surface area contributed by atoms with Gasteiger partial charge in [-0.1, -0.05) is 0 Å². The van der Waals surface area contributed by atoms with Crippen LogP contribution in [0.5, 0.6) is 0 Å². The number of H-pyrrole nitrogens is 1. The lowest BCUT2D eigenvalue weighted by molar-refractivity contribution is 0.579. The normalized spacial score (nSPS) is 11.6.